The van der Waals surface area contributed by atoms with E-state index in [1.807, 2.05) is 11.8 Å². The SMILES string of the molecule is CCCC(C(=O)O)N1CCN(S(=O)(=O)N(C)C2CCCCC2)CC1. The number of carboxylic acid groups (broad SMARTS) is 1. The van der Waals surface area contributed by atoms with E-state index in [-0.39, 0.29) is 6.04 Å². The number of carbonyl (C=O) groups is 1. The highest BCUT2D eigenvalue weighted by atomic mass is 32.2. The maximum atomic E-state index is 12.8. The summed E-state index contributed by atoms with van der Waals surface area (Å²) in [7, 11) is -1.76. The lowest BCUT2D eigenvalue weighted by Gasteiger charge is -2.40. The standard InChI is InChI=1S/C16H31N3O4S/c1-3-7-15(16(20)21)18-10-12-19(13-11-18)24(22,23)17(2)14-8-5-4-6-9-14/h14-15H,3-13H2,1-2H3,(H,20,21). The fourth-order valence-corrected chi connectivity index (χ4v) is 5.37. The molecule has 140 valence electrons. The fraction of sp³-hybridized carbons (Fsp3) is 0.938. The van der Waals surface area contributed by atoms with Gasteiger partial charge in [-0.2, -0.15) is 17.0 Å². The lowest BCUT2D eigenvalue weighted by atomic mass is 9.96. The van der Waals surface area contributed by atoms with Gasteiger partial charge in [0.25, 0.3) is 10.2 Å². The second-order valence-corrected chi connectivity index (χ2v) is 8.88. The van der Waals surface area contributed by atoms with Crippen LogP contribution in [0.2, 0.25) is 0 Å². The van der Waals surface area contributed by atoms with Crippen LogP contribution in [0.5, 0.6) is 0 Å². The minimum Gasteiger partial charge on any atom is -0.480 e. The zero-order chi connectivity index (χ0) is 17.7. The molecule has 1 saturated heterocycles. The van der Waals surface area contributed by atoms with Crippen LogP contribution in [-0.2, 0) is 15.0 Å². The summed E-state index contributed by atoms with van der Waals surface area (Å²) in [5, 5.41) is 9.36. The van der Waals surface area contributed by atoms with Gasteiger partial charge in [0, 0.05) is 39.3 Å². The molecule has 1 aliphatic heterocycles. The van der Waals surface area contributed by atoms with E-state index < -0.39 is 22.2 Å². The van der Waals surface area contributed by atoms with Gasteiger partial charge in [0.05, 0.1) is 0 Å². The smallest absolute Gasteiger partial charge is 0.320 e. The van der Waals surface area contributed by atoms with E-state index in [1.54, 1.807) is 11.4 Å². The Hall–Kier alpha value is -0.700. The molecular formula is C16H31N3O4S. The van der Waals surface area contributed by atoms with Gasteiger partial charge in [0.15, 0.2) is 0 Å². The van der Waals surface area contributed by atoms with E-state index in [1.165, 1.54) is 10.7 Å². The normalized spacial score (nSPS) is 23.5. The topological polar surface area (TPSA) is 81.2 Å². The van der Waals surface area contributed by atoms with Crippen LogP contribution in [0.15, 0.2) is 0 Å². The number of nitrogens with zero attached hydrogens (tertiary/aromatic N) is 3. The van der Waals surface area contributed by atoms with Crippen molar-refractivity contribution in [2.24, 2.45) is 0 Å². The van der Waals surface area contributed by atoms with Crippen molar-refractivity contribution in [1.29, 1.82) is 0 Å². The first-order valence-electron chi connectivity index (χ1n) is 9.08. The maximum absolute atomic E-state index is 12.8. The molecule has 0 aromatic carbocycles. The van der Waals surface area contributed by atoms with Crippen LogP contribution in [0, 0.1) is 0 Å². The van der Waals surface area contributed by atoms with Crippen molar-refractivity contribution in [1.82, 2.24) is 13.5 Å². The van der Waals surface area contributed by atoms with E-state index in [9.17, 15) is 18.3 Å². The Morgan fingerprint density at radius 3 is 2.25 bits per heavy atom. The van der Waals surface area contributed by atoms with E-state index in [4.69, 9.17) is 0 Å². The van der Waals surface area contributed by atoms with Crippen molar-refractivity contribution in [3.63, 3.8) is 0 Å². The molecule has 0 radical (unpaired) electrons. The van der Waals surface area contributed by atoms with Crippen LogP contribution in [0.25, 0.3) is 0 Å². The zero-order valence-electron chi connectivity index (χ0n) is 14.9. The molecule has 2 fully saturated rings. The lowest BCUT2D eigenvalue weighted by molar-refractivity contribution is -0.144. The minimum atomic E-state index is -3.45. The Morgan fingerprint density at radius 1 is 1.17 bits per heavy atom. The first kappa shape index (κ1) is 19.6. The fourth-order valence-electron chi connectivity index (χ4n) is 3.80. The van der Waals surface area contributed by atoms with Gasteiger partial charge in [-0.05, 0) is 19.3 Å². The molecule has 0 bridgehead atoms. The van der Waals surface area contributed by atoms with Crippen molar-refractivity contribution in [2.75, 3.05) is 33.2 Å². The molecule has 1 atom stereocenters. The molecule has 0 aromatic rings. The number of rotatable bonds is 7. The molecule has 1 saturated carbocycles. The van der Waals surface area contributed by atoms with Crippen LogP contribution in [0.3, 0.4) is 0 Å². The molecule has 8 heteroatoms. The van der Waals surface area contributed by atoms with Gasteiger partial charge in [-0.15, -0.1) is 0 Å². The third kappa shape index (κ3) is 4.47. The minimum absolute atomic E-state index is 0.105. The zero-order valence-corrected chi connectivity index (χ0v) is 15.7. The Morgan fingerprint density at radius 2 is 1.75 bits per heavy atom. The number of carboxylic acids is 1. The first-order valence-corrected chi connectivity index (χ1v) is 10.5. The Balaban J connectivity index is 1.95. The number of hydrogen-bond acceptors (Lipinski definition) is 4. The van der Waals surface area contributed by atoms with Crippen molar-refractivity contribution in [2.45, 2.75) is 64.0 Å². The second-order valence-electron chi connectivity index (χ2n) is 6.89. The van der Waals surface area contributed by atoms with E-state index in [2.05, 4.69) is 0 Å². The molecule has 1 heterocycles. The highest BCUT2D eigenvalue weighted by Crippen LogP contribution is 2.25. The van der Waals surface area contributed by atoms with Gasteiger partial charge in [0.1, 0.15) is 6.04 Å². The number of hydrogen-bond donors (Lipinski definition) is 1. The molecule has 0 aromatic heterocycles. The summed E-state index contributed by atoms with van der Waals surface area (Å²) in [6.45, 7) is 3.67. The summed E-state index contributed by atoms with van der Waals surface area (Å²) in [5.74, 6) is -0.813. The summed E-state index contributed by atoms with van der Waals surface area (Å²) in [6, 6.07) is -0.399. The van der Waals surface area contributed by atoms with Crippen LogP contribution in [0.4, 0.5) is 0 Å². The first-order chi connectivity index (χ1) is 11.4. The van der Waals surface area contributed by atoms with Gasteiger partial charge in [-0.1, -0.05) is 32.6 Å². The van der Waals surface area contributed by atoms with Crippen LogP contribution < -0.4 is 0 Å². The Bertz CT molecular complexity index is 511. The summed E-state index contributed by atoms with van der Waals surface area (Å²) in [6.07, 6.45) is 6.66. The van der Waals surface area contributed by atoms with Crippen LogP contribution in [0.1, 0.15) is 51.9 Å². The predicted molar refractivity (Wildman–Crippen MR) is 93.0 cm³/mol. The third-order valence-corrected chi connectivity index (χ3v) is 7.38. The third-order valence-electron chi connectivity index (χ3n) is 5.34. The molecule has 0 spiro atoms. The lowest BCUT2D eigenvalue weighted by Crippen LogP contribution is -2.57. The quantitative estimate of drug-likeness (QED) is 0.741. The number of aliphatic carboxylic acids is 1. The average Bonchev–Trinajstić information content (AvgIpc) is 2.59. The van der Waals surface area contributed by atoms with Crippen LogP contribution in [-0.4, -0.2) is 78.3 Å². The Kier molecular flexibility index (Phi) is 7.03. The molecule has 1 N–H and O–H groups in total. The van der Waals surface area contributed by atoms with Crippen molar-refractivity contribution in [3.05, 3.63) is 0 Å². The maximum Gasteiger partial charge on any atom is 0.320 e. The predicted octanol–water partition coefficient (Wildman–Crippen LogP) is 1.37. The molecule has 1 unspecified atom stereocenters. The molecule has 24 heavy (non-hydrogen) atoms. The highest BCUT2D eigenvalue weighted by Gasteiger charge is 2.36. The van der Waals surface area contributed by atoms with Crippen molar-refractivity contribution < 1.29 is 18.3 Å². The molecule has 2 rings (SSSR count). The summed E-state index contributed by atoms with van der Waals surface area (Å²) < 4.78 is 28.7. The summed E-state index contributed by atoms with van der Waals surface area (Å²) >= 11 is 0. The van der Waals surface area contributed by atoms with Gasteiger partial charge in [0.2, 0.25) is 0 Å². The van der Waals surface area contributed by atoms with Crippen molar-refractivity contribution >= 4 is 16.2 Å². The highest BCUT2D eigenvalue weighted by molar-refractivity contribution is 7.86. The van der Waals surface area contributed by atoms with E-state index in [0.717, 1.165) is 32.1 Å². The molecule has 2 aliphatic rings. The van der Waals surface area contributed by atoms with E-state index >= 15 is 0 Å². The van der Waals surface area contributed by atoms with Gasteiger partial charge >= 0.3 is 5.97 Å². The number of piperazine rings is 1. The van der Waals surface area contributed by atoms with Crippen molar-refractivity contribution in [3.8, 4) is 0 Å². The molecule has 0 amide bonds. The monoisotopic (exact) mass is 361 g/mol. The average molecular weight is 362 g/mol. The van der Waals surface area contributed by atoms with Gasteiger partial charge in [-0.25, -0.2) is 0 Å². The Labute approximate surface area is 145 Å². The molecular weight excluding hydrogens is 330 g/mol. The molecule has 7 nitrogen and oxygen atoms in total. The molecule has 1 aliphatic carbocycles. The van der Waals surface area contributed by atoms with Gasteiger partial charge in [-0.3, -0.25) is 9.69 Å². The van der Waals surface area contributed by atoms with Crippen LogP contribution >= 0.6 is 0 Å². The second kappa shape index (κ2) is 8.60. The van der Waals surface area contributed by atoms with E-state index in [0.29, 0.717) is 32.6 Å². The summed E-state index contributed by atoms with van der Waals surface area (Å²) in [4.78, 5) is 13.3. The van der Waals surface area contributed by atoms with Gasteiger partial charge < -0.3 is 5.11 Å². The summed E-state index contributed by atoms with van der Waals surface area (Å²) in [5.41, 5.74) is 0. The largest absolute Gasteiger partial charge is 0.480 e.